The number of rotatable bonds is 4. The molecule has 5 nitrogen and oxygen atoms in total. The Labute approximate surface area is 116 Å². The van der Waals surface area contributed by atoms with Crippen molar-refractivity contribution in [3.05, 3.63) is 52.9 Å². The second kappa shape index (κ2) is 5.85. The first-order valence-corrected chi connectivity index (χ1v) is 5.88. The van der Waals surface area contributed by atoms with Gasteiger partial charge in [0, 0.05) is 6.07 Å². The molecule has 0 amide bonds. The van der Waals surface area contributed by atoms with Crippen molar-refractivity contribution in [2.45, 2.75) is 6.92 Å². The normalized spacial score (nSPS) is 10.9. The Bertz CT molecular complexity index is 691. The molecule has 0 aliphatic rings. The van der Waals surface area contributed by atoms with E-state index in [1.807, 2.05) is 6.07 Å². The minimum Gasteiger partial charge on any atom is -0.497 e. The standard InChI is InChI=1S/C15H12N2O3/c1-10-7-14(17-20-10)15(18)12(9-16)8-11-3-5-13(19-2)6-4-11/h3-8H,1-2H3. The summed E-state index contributed by atoms with van der Waals surface area (Å²) in [7, 11) is 1.57. The fourth-order valence-corrected chi connectivity index (χ4v) is 1.63. The number of hydrogen-bond donors (Lipinski definition) is 0. The molecular weight excluding hydrogens is 256 g/mol. The Hall–Kier alpha value is -2.87. The highest BCUT2D eigenvalue weighted by molar-refractivity contribution is 6.12. The Balaban J connectivity index is 2.29. The summed E-state index contributed by atoms with van der Waals surface area (Å²) in [4.78, 5) is 12.1. The van der Waals surface area contributed by atoms with Crippen molar-refractivity contribution in [3.8, 4) is 11.8 Å². The predicted molar refractivity (Wildman–Crippen MR) is 72.2 cm³/mol. The average molecular weight is 268 g/mol. The van der Waals surface area contributed by atoms with Gasteiger partial charge < -0.3 is 9.26 Å². The van der Waals surface area contributed by atoms with Crippen LogP contribution in [0.15, 0.2) is 40.4 Å². The van der Waals surface area contributed by atoms with Crippen LogP contribution in [0, 0.1) is 18.3 Å². The minimum atomic E-state index is -0.458. The Morgan fingerprint density at radius 1 is 1.40 bits per heavy atom. The lowest BCUT2D eigenvalue weighted by Gasteiger charge is -2.00. The topological polar surface area (TPSA) is 76.1 Å². The molecule has 0 bridgehead atoms. The van der Waals surface area contributed by atoms with Gasteiger partial charge in [-0.3, -0.25) is 4.79 Å². The highest BCUT2D eigenvalue weighted by Gasteiger charge is 2.16. The summed E-state index contributed by atoms with van der Waals surface area (Å²) in [6.45, 7) is 1.68. The molecule has 0 radical (unpaired) electrons. The molecule has 0 atom stereocenters. The Morgan fingerprint density at radius 3 is 2.60 bits per heavy atom. The molecule has 100 valence electrons. The molecular formula is C15H12N2O3. The smallest absolute Gasteiger partial charge is 0.225 e. The van der Waals surface area contributed by atoms with Crippen molar-refractivity contribution in [2.75, 3.05) is 7.11 Å². The van der Waals surface area contributed by atoms with Crippen LogP contribution in [0.1, 0.15) is 21.8 Å². The number of methoxy groups -OCH3 is 1. The molecule has 5 heteroatoms. The van der Waals surface area contributed by atoms with Crippen molar-refractivity contribution in [1.29, 1.82) is 5.26 Å². The van der Waals surface area contributed by atoms with Gasteiger partial charge in [0.15, 0.2) is 5.69 Å². The van der Waals surface area contributed by atoms with E-state index in [9.17, 15) is 4.79 Å². The van der Waals surface area contributed by atoms with Gasteiger partial charge in [0.2, 0.25) is 5.78 Å². The fraction of sp³-hybridized carbons (Fsp3) is 0.133. The van der Waals surface area contributed by atoms with Gasteiger partial charge in [-0.1, -0.05) is 17.3 Å². The maximum Gasteiger partial charge on any atom is 0.225 e. The lowest BCUT2D eigenvalue weighted by molar-refractivity contribution is 0.103. The maximum atomic E-state index is 12.1. The third-order valence-corrected chi connectivity index (χ3v) is 2.65. The third kappa shape index (κ3) is 2.93. The van der Waals surface area contributed by atoms with Crippen LogP contribution >= 0.6 is 0 Å². The lowest BCUT2D eigenvalue weighted by atomic mass is 10.1. The predicted octanol–water partition coefficient (Wildman–Crippen LogP) is 2.78. The van der Waals surface area contributed by atoms with Gasteiger partial charge in [-0.15, -0.1) is 0 Å². The molecule has 0 saturated carbocycles. The molecule has 0 N–H and O–H groups in total. The molecule has 1 aromatic carbocycles. The zero-order valence-electron chi connectivity index (χ0n) is 11.1. The van der Waals surface area contributed by atoms with Gasteiger partial charge >= 0.3 is 0 Å². The summed E-state index contributed by atoms with van der Waals surface area (Å²) in [6, 6.07) is 10.4. The monoisotopic (exact) mass is 268 g/mol. The first-order valence-electron chi connectivity index (χ1n) is 5.88. The van der Waals surface area contributed by atoms with Crippen LogP contribution in [-0.2, 0) is 0 Å². The Morgan fingerprint density at radius 2 is 2.10 bits per heavy atom. The van der Waals surface area contributed by atoms with Crippen LogP contribution in [-0.4, -0.2) is 18.0 Å². The number of carbonyl (C=O) groups is 1. The zero-order valence-corrected chi connectivity index (χ0v) is 11.1. The summed E-state index contributed by atoms with van der Waals surface area (Å²) in [5.74, 6) is 0.773. The molecule has 0 fully saturated rings. The van der Waals surface area contributed by atoms with Crippen molar-refractivity contribution < 1.29 is 14.1 Å². The summed E-state index contributed by atoms with van der Waals surface area (Å²) in [5, 5.41) is 12.7. The third-order valence-electron chi connectivity index (χ3n) is 2.65. The summed E-state index contributed by atoms with van der Waals surface area (Å²) >= 11 is 0. The SMILES string of the molecule is COc1ccc(C=C(C#N)C(=O)c2cc(C)on2)cc1. The van der Waals surface area contributed by atoms with Crippen molar-refractivity contribution >= 4 is 11.9 Å². The highest BCUT2D eigenvalue weighted by Crippen LogP contribution is 2.16. The van der Waals surface area contributed by atoms with Crippen molar-refractivity contribution in [1.82, 2.24) is 5.16 Å². The van der Waals surface area contributed by atoms with E-state index in [1.165, 1.54) is 12.1 Å². The summed E-state index contributed by atoms with van der Waals surface area (Å²) < 4.78 is 9.88. The first-order chi connectivity index (χ1) is 9.63. The molecule has 1 heterocycles. The number of nitrogens with zero attached hydrogens (tertiary/aromatic N) is 2. The van der Waals surface area contributed by atoms with Crippen LogP contribution in [0.2, 0.25) is 0 Å². The van der Waals surface area contributed by atoms with Crippen LogP contribution < -0.4 is 4.74 Å². The highest BCUT2D eigenvalue weighted by atomic mass is 16.5. The Kier molecular flexibility index (Phi) is 3.96. The number of allylic oxidation sites excluding steroid dienone is 1. The van der Waals surface area contributed by atoms with Gasteiger partial charge in [0.25, 0.3) is 0 Å². The largest absolute Gasteiger partial charge is 0.497 e. The first kappa shape index (κ1) is 13.6. The second-order valence-electron chi connectivity index (χ2n) is 4.09. The van der Waals surface area contributed by atoms with Gasteiger partial charge in [-0.25, -0.2) is 0 Å². The van der Waals surface area contributed by atoms with E-state index >= 15 is 0 Å². The van der Waals surface area contributed by atoms with Crippen LogP contribution in [0.4, 0.5) is 0 Å². The van der Waals surface area contributed by atoms with Crippen LogP contribution in [0.3, 0.4) is 0 Å². The number of benzene rings is 1. The number of ketones is 1. The van der Waals surface area contributed by atoms with Crippen molar-refractivity contribution in [2.24, 2.45) is 0 Å². The van der Waals surface area contributed by atoms with E-state index in [1.54, 1.807) is 38.3 Å². The van der Waals surface area contributed by atoms with Crippen LogP contribution in [0.25, 0.3) is 6.08 Å². The zero-order chi connectivity index (χ0) is 14.5. The van der Waals surface area contributed by atoms with Gasteiger partial charge in [-0.05, 0) is 30.7 Å². The molecule has 0 aliphatic carbocycles. The molecule has 0 spiro atoms. The van der Waals surface area contributed by atoms with E-state index in [-0.39, 0.29) is 11.3 Å². The number of carbonyl (C=O) groups excluding carboxylic acids is 1. The lowest BCUT2D eigenvalue weighted by Crippen LogP contribution is -2.02. The van der Waals surface area contributed by atoms with E-state index in [4.69, 9.17) is 14.5 Å². The van der Waals surface area contributed by atoms with Gasteiger partial charge in [0.05, 0.1) is 7.11 Å². The number of ether oxygens (including phenoxy) is 1. The average Bonchev–Trinajstić information content (AvgIpc) is 2.91. The van der Waals surface area contributed by atoms with Crippen molar-refractivity contribution in [3.63, 3.8) is 0 Å². The minimum absolute atomic E-state index is 0.00321. The number of aromatic nitrogens is 1. The van der Waals surface area contributed by atoms with E-state index < -0.39 is 5.78 Å². The second-order valence-corrected chi connectivity index (χ2v) is 4.09. The molecule has 0 unspecified atom stereocenters. The fourth-order valence-electron chi connectivity index (χ4n) is 1.63. The number of Topliss-reactive ketones (excluding diaryl/α,β-unsaturated/α-hetero) is 1. The molecule has 1 aromatic heterocycles. The molecule has 20 heavy (non-hydrogen) atoms. The molecule has 2 aromatic rings. The number of aryl methyl sites for hydroxylation is 1. The summed E-state index contributed by atoms with van der Waals surface area (Å²) in [6.07, 6.45) is 1.51. The maximum absolute atomic E-state index is 12.1. The van der Waals surface area contributed by atoms with Crippen LogP contribution in [0.5, 0.6) is 5.75 Å². The van der Waals surface area contributed by atoms with Gasteiger partial charge in [-0.2, -0.15) is 5.26 Å². The molecule has 0 aliphatic heterocycles. The quantitative estimate of drug-likeness (QED) is 0.484. The summed E-state index contributed by atoms with van der Waals surface area (Å²) in [5.41, 5.74) is 0.864. The van der Waals surface area contributed by atoms with Gasteiger partial charge in [0.1, 0.15) is 23.2 Å². The number of nitriles is 1. The van der Waals surface area contributed by atoms with E-state index in [0.717, 1.165) is 5.56 Å². The molecule has 0 saturated heterocycles. The molecule has 2 rings (SSSR count). The number of hydrogen-bond acceptors (Lipinski definition) is 5. The van der Waals surface area contributed by atoms with E-state index in [0.29, 0.717) is 11.5 Å². The van der Waals surface area contributed by atoms with E-state index in [2.05, 4.69) is 5.16 Å².